The lowest BCUT2D eigenvalue weighted by molar-refractivity contribution is -0.117. The highest BCUT2D eigenvalue weighted by molar-refractivity contribution is 7.18. The summed E-state index contributed by atoms with van der Waals surface area (Å²) >= 11 is 7.61. The van der Waals surface area contributed by atoms with Crippen LogP contribution < -0.4 is 16.7 Å². The highest BCUT2D eigenvalue weighted by atomic mass is 35.5. The highest BCUT2D eigenvalue weighted by Crippen LogP contribution is 2.26. The molecular formula is C24H24ClN5O3S. The van der Waals surface area contributed by atoms with E-state index in [1.54, 1.807) is 23.5 Å². The molecule has 1 N–H and O–H groups in total. The molecule has 176 valence electrons. The second kappa shape index (κ2) is 10.3. The largest absolute Gasteiger partial charge is 0.354 e. The molecule has 0 atom stereocenters. The van der Waals surface area contributed by atoms with Gasteiger partial charge in [-0.15, -0.1) is 11.3 Å². The minimum Gasteiger partial charge on any atom is -0.325 e. The number of fused-ring (bicyclic) bond motifs is 1. The van der Waals surface area contributed by atoms with E-state index in [0.717, 1.165) is 31.8 Å². The number of carbonyl (C=O) groups excluding carboxylic acids is 1. The summed E-state index contributed by atoms with van der Waals surface area (Å²) in [6, 6.07) is 12.8. The van der Waals surface area contributed by atoms with E-state index in [-0.39, 0.29) is 31.2 Å². The molecule has 34 heavy (non-hydrogen) atoms. The normalized spacial score (nSPS) is 11.1. The number of nitrogens with zero attached hydrogens (tertiary/aromatic N) is 4. The molecule has 0 fully saturated rings. The number of halogens is 1. The van der Waals surface area contributed by atoms with Crippen LogP contribution in [0.2, 0.25) is 5.02 Å². The first-order valence-electron chi connectivity index (χ1n) is 11.0. The maximum absolute atomic E-state index is 13.3. The van der Waals surface area contributed by atoms with Crippen LogP contribution in [0.4, 0.5) is 11.6 Å². The highest BCUT2D eigenvalue weighted by Gasteiger charge is 2.15. The summed E-state index contributed by atoms with van der Waals surface area (Å²) in [4.78, 5) is 46.1. The number of hydrogen-bond acceptors (Lipinski definition) is 7. The quantitative estimate of drug-likeness (QED) is 0.368. The van der Waals surface area contributed by atoms with E-state index < -0.39 is 11.4 Å². The van der Waals surface area contributed by atoms with Gasteiger partial charge in [-0.1, -0.05) is 30.7 Å². The Morgan fingerprint density at radius 1 is 1.09 bits per heavy atom. The average Bonchev–Trinajstić information content (AvgIpc) is 3.22. The number of ketones is 1. The molecule has 0 bridgehead atoms. The van der Waals surface area contributed by atoms with Gasteiger partial charge in [-0.2, -0.15) is 4.98 Å². The van der Waals surface area contributed by atoms with Gasteiger partial charge in [0, 0.05) is 23.7 Å². The predicted molar refractivity (Wildman–Crippen MR) is 136 cm³/mol. The molecule has 0 spiro atoms. The third-order valence-corrected chi connectivity index (χ3v) is 6.72. The summed E-state index contributed by atoms with van der Waals surface area (Å²) < 4.78 is 3.50. The molecule has 0 saturated heterocycles. The summed E-state index contributed by atoms with van der Waals surface area (Å²) in [5.41, 5.74) is 1.28. The number of hydrogen-bond donors (Lipinski definition) is 1. The van der Waals surface area contributed by atoms with E-state index in [1.807, 2.05) is 30.3 Å². The van der Waals surface area contributed by atoms with Gasteiger partial charge in [0.2, 0.25) is 5.95 Å². The Bertz CT molecular complexity index is 1460. The Hall–Kier alpha value is -3.30. The molecule has 10 heteroatoms. The maximum atomic E-state index is 13.3. The van der Waals surface area contributed by atoms with Gasteiger partial charge in [0.1, 0.15) is 5.78 Å². The summed E-state index contributed by atoms with van der Waals surface area (Å²) in [6.07, 6.45) is 1.53. The summed E-state index contributed by atoms with van der Waals surface area (Å²) in [5.74, 6) is 0.151. The van der Waals surface area contributed by atoms with Crippen molar-refractivity contribution in [2.75, 3.05) is 5.32 Å². The van der Waals surface area contributed by atoms with Gasteiger partial charge in [-0.05, 0) is 55.7 Å². The number of rotatable bonds is 9. The number of anilines is 2. The second-order valence-corrected chi connectivity index (χ2v) is 9.49. The van der Waals surface area contributed by atoms with Gasteiger partial charge in [-0.3, -0.25) is 4.57 Å². The molecule has 2 heterocycles. The second-order valence-electron chi connectivity index (χ2n) is 7.94. The number of nitrogens with one attached hydrogen (secondary N) is 1. The Morgan fingerprint density at radius 3 is 2.56 bits per heavy atom. The Balaban J connectivity index is 1.73. The van der Waals surface area contributed by atoms with E-state index in [0.29, 0.717) is 17.1 Å². The SMILES string of the molecule is CCc1nc2ccc(Nc3nc(=O)n(CCCC(C)=O)c(=O)n3Cc3ccc(Cl)cc3)cc2s1. The Labute approximate surface area is 204 Å². The van der Waals surface area contributed by atoms with Crippen LogP contribution in [0.5, 0.6) is 0 Å². The van der Waals surface area contributed by atoms with Gasteiger partial charge in [0.05, 0.1) is 21.8 Å². The van der Waals surface area contributed by atoms with Crippen LogP contribution in [-0.4, -0.2) is 24.9 Å². The minimum absolute atomic E-state index is 0.00507. The van der Waals surface area contributed by atoms with Gasteiger partial charge < -0.3 is 10.1 Å². The average molecular weight is 498 g/mol. The van der Waals surface area contributed by atoms with Crippen LogP contribution in [0.3, 0.4) is 0 Å². The molecule has 8 nitrogen and oxygen atoms in total. The van der Waals surface area contributed by atoms with Crippen molar-refractivity contribution in [3.8, 4) is 0 Å². The van der Waals surface area contributed by atoms with Gasteiger partial charge in [0.15, 0.2) is 0 Å². The molecule has 0 aliphatic heterocycles. The molecule has 2 aromatic heterocycles. The zero-order chi connectivity index (χ0) is 24.2. The molecule has 0 amide bonds. The molecule has 2 aromatic carbocycles. The molecule has 4 rings (SSSR count). The van der Waals surface area contributed by atoms with E-state index in [4.69, 9.17) is 11.6 Å². The standard InChI is InChI=1S/C24H24ClN5O3S/c1-3-21-27-19-11-10-18(13-20(19)34-21)26-22-28-23(32)29(12-4-5-15(2)31)24(33)30(22)14-16-6-8-17(25)9-7-16/h6-11,13H,3-5,12,14H2,1-2H3,(H,26,28,32). The fraction of sp³-hybridized carbons (Fsp3) is 0.292. The van der Waals surface area contributed by atoms with Crippen LogP contribution in [0.1, 0.15) is 37.3 Å². The van der Waals surface area contributed by atoms with Gasteiger partial charge in [-0.25, -0.2) is 19.1 Å². The van der Waals surface area contributed by atoms with Crippen molar-refractivity contribution in [1.82, 2.24) is 19.1 Å². The first kappa shape index (κ1) is 23.8. The first-order chi connectivity index (χ1) is 16.3. The third kappa shape index (κ3) is 5.43. The lowest BCUT2D eigenvalue weighted by Gasteiger charge is -2.16. The Morgan fingerprint density at radius 2 is 1.85 bits per heavy atom. The molecule has 4 aromatic rings. The number of Topliss-reactive ketones (excluding diaryl/α,β-unsaturated/α-hetero) is 1. The molecule has 0 aliphatic carbocycles. The zero-order valence-corrected chi connectivity index (χ0v) is 20.4. The molecule has 0 radical (unpaired) electrons. The van der Waals surface area contributed by atoms with E-state index in [2.05, 4.69) is 22.2 Å². The fourth-order valence-electron chi connectivity index (χ4n) is 3.55. The lowest BCUT2D eigenvalue weighted by Crippen LogP contribution is -2.42. The number of thiazole rings is 1. The summed E-state index contributed by atoms with van der Waals surface area (Å²) in [6.45, 7) is 3.86. The first-order valence-corrected chi connectivity index (χ1v) is 12.2. The third-order valence-electron chi connectivity index (χ3n) is 5.31. The van der Waals surface area contributed by atoms with Crippen molar-refractivity contribution in [1.29, 1.82) is 0 Å². The molecule has 0 saturated carbocycles. The van der Waals surface area contributed by atoms with E-state index in [9.17, 15) is 14.4 Å². The van der Waals surface area contributed by atoms with E-state index >= 15 is 0 Å². The van der Waals surface area contributed by atoms with Crippen molar-refractivity contribution in [2.24, 2.45) is 0 Å². The van der Waals surface area contributed by atoms with Crippen LogP contribution in [0.15, 0.2) is 52.1 Å². The van der Waals surface area contributed by atoms with Crippen molar-refractivity contribution in [3.05, 3.63) is 79.0 Å². The van der Waals surface area contributed by atoms with Crippen LogP contribution in [-0.2, 0) is 24.3 Å². The van der Waals surface area contributed by atoms with Crippen LogP contribution in [0.25, 0.3) is 10.2 Å². The number of benzene rings is 2. The van der Waals surface area contributed by atoms with Crippen molar-refractivity contribution >= 4 is 50.6 Å². The minimum atomic E-state index is -0.657. The predicted octanol–water partition coefficient (Wildman–Crippen LogP) is 4.39. The smallest absolute Gasteiger partial charge is 0.325 e. The topological polar surface area (TPSA) is 98.9 Å². The van der Waals surface area contributed by atoms with Crippen LogP contribution >= 0.6 is 22.9 Å². The number of aromatic nitrogens is 4. The van der Waals surface area contributed by atoms with Crippen LogP contribution in [0, 0.1) is 0 Å². The number of carbonyl (C=O) groups is 1. The summed E-state index contributed by atoms with van der Waals surface area (Å²) in [7, 11) is 0. The van der Waals surface area contributed by atoms with Crippen molar-refractivity contribution < 1.29 is 4.79 Å². The zero-order valence-electron chi connectivity index (χ0n) is 18.9. The lowest BCUT2D eigenvalue weighted by atomic mass is 10.2. The molecule has 0 unspecified atom stereocenters. The Kier molecular flexibility index (Phi) is 7.23. The fourth-order valence-corrected chi connectivity index (χ4v) is 4.62. The van der Waals surface area contributed by atoms with E-state index in [1.165, 1.54) is 11.5 Å². The number of aryl methyl sites for hydroxylation is 1. The summed E-state index contributed by atoms with van der Waals surface area (Å²) in [5, 5.41) is 4.77. The van der Waals surface area contributed by atoms with Gasteiger partial charge in [0.25, 0.3) is 0 Å². The van der Waals surface area contributed by atoms with Crippen molar-refractivity contribution in [2.45, 2.75) is 46.2 Å². The van der Waals surface area contributed by atoms with Crippen molar-refractivity contribution in [3.63, 3.8) is 0 Å². The van der Waals surface area contributed by atoms with Gasteiger partial charge >= 0.3 is 11.4 Å². The monoisotopic (exact) mass is 497 g/mol. The molecular weight excluding hydrogens is 474 g/mol. The molecule has 0 aliphatic rings. The maximum Gasteiger partial charge on any atom is 0.354 e.